The minimum absolute atomic E-state index is 0.0539. The fraction of sp³-hybridized carbons (Fsp3) is 0.533. The van der Waals surface area contributed by atoms with Crippen molar-refractivity contribution in [3.8, 4) is 0 Å². The quantitative estimate of drug-likeness (QED) is 0.838. The summed E-state index contributed by atoms with van der Waals surface area (Å²) in [6.07, 6.45) is 1.66. The van der Waals surface area contributed by atoms with E-state index >= 15 is 0 Å². The summed E-state index contributed by atoms with van der Waals surface area (Å²) in [6.45, 7) is 5.41. The van der Waals surface area contributed by atoms with Gasteiger partial charge in [-0.2, -0.15) is 0 Å². The second-order valence-corrected chi connectivity index (χ2v) is 5.80. The van der Waals surface area contributed by atoms with E-state index in [0.29, 0.717) is 22.8 Å². The van der Waals surface area contributed by atoms with Gasteiger partial charge in [-0.3, -0.25) is 4.79 Å². The lowest BCUT2D eigenvalue weighted by atomic mass is 10.2. The highest BCUT2D eigenvalue weighted by atomic mass is 35.5. The van der Waals surface area contributed by atoms with Crippen molar-refractivity contribution in [2.75, 3.05) is 37.3 Å². The molecule has 1 heterocycles. The first-order valence-electron chi connectivity index (χ1n) is 7.23. The molecule has 116 valence electrons. The fourth-order valence-electron chi connectivity index (χ4n) is 2.39. The van der Waals surface area contributed by atoms with Crippen LogP contribution in [0.2, 0.25) is 5.02 Å². The van der Waals surface area contributed by atoms with E-state index in [1.165, 1.54) is 0 Å². The van der Waals surface area contributed by atoms with Crippen LogP contribution in [0.3, 0.4) is 0 Å². The number of ether oxygens (including phenoxy) is 1. The monoisotopic (exact) mass is 311 g/mol. The summed E-state index contributed by atoms with van der Waals surface area (Å²) in [6, 6.07) is 5.05. The van der Waals surface area contributed by atoms with E-state index in [9.17, 15) is 4.79 Å². The highest BCUT2D eigenvalue weighted by molar-refractivity contribution is 6.31. The molecule has 0 radical (unpaired) electrons. The molecule has 2 rings (SSSR count). The number of anilines is 2. The third-order valence-electron chi connectivity index (χ3n) is 3.48. The first kappa shape index (κ1) is 16.1. The normalized spacial score (nSPS) is 20.0. The number of rotatable bonds is 4. The van der Waals surface area contributed by atoms with Gasteiger partial charge < -0.3 is 20.7 Å². The number of nitrogens with one attached hydrogen (secondary N) is 1. The summed E-state index contributed by atoms with van der Waals surface area (Å²) in [5, 5.41) is 3.36. The lowest BCUT2D eigenvalue weighted by Gasteiger charge is -2.21. The largest absolute Gasteiger partial charge is 0.397 e. The fourth-order valence-corrected chi connectivity index (χ4v) is 2.56. The van der Waals surface area contributed by atoms with E-state index in [4.69, 9.17) is 22.1 Å². The van der Waals surface area contributed by atoms with E-state index in [2.05, 4.69) is 17.1 Å². The van der Waals surface area contributed by atoms with Crippen LogP contribution < -0.4 is 11.1 Å². The van der Waals surface area contributed by atoms with Crippen molar-refractivity contribution in [2.45, 2.75) is 25.9 Å². The molecule has 6 heteroatoms. The number of carbonyl (C=O) groups is 1. The van der Waals surface area contributed by atoms with Gasteiger partial charge in [0.1, 0.15) is 0 Å². The van der Waals surface area contributed by atoms with Crippen LogP contribution >= 0.6 is 11.6 Å². The highest BCUT2D eigenvalue weighted by Crippen LogP contribution is 2.23. The Morgan fingerprint density at radius 2 is 2.38 bits per heavy atom. The molecule has 3 N–H and O–H groups in total. The molecular weight excluding hydrogens is 290 g/mol. The maximum Gasteiger partial charge on any atom is 0.225 e. The van der Waals surface area contributed by atoms with Gasteiger partial charge in [0.25, 0.3) is 0 Å². The lowest BCUT2D eigenvalue weighted by molar-refractivity contribution is -0.116. The van der Waals surface area contributed by atoms with Crippen molar-refractivity contribution in [2.24, 2.45) is 0 Å². The van der Waals surface area contributed by atoms with Crippen molar-refractivity contribution < 1.29 is 9.53 Å². The molecule has 0 bridgehead atoms. The van der Waals surface area contributed by atoms with Gasteiger partial charge in [0.2, 0.25) is 5.91 Å². The molecule has 1 saturated heterocycles. The van der Waals surface area contributed by atoms with Crippen molar-refractivity contribution >= 4 is 28.9 Å². The smallest absolute Gasteiger partial charge is 0.225 e. The van der Waals surface area contributed by atoms with Crippen molar-refractivity contribution in [3.63, 3.8) is 0 Å². The minimum atomic E-state index is -0.0539. The molecule has 1 unspecified atom stereocenters. The van der Waals surface area contributed by atoms with Gasteiger partial charge in [0, 0.05) is 37.7 Å². The van der Waals surface area contributed by atoms with Crippen molar-refractivity contribution in [1.29, 1.82) is 0 Å². The molecule has 1 aromatic carbocycles. The zero-order chi connectivity index (χ0) is 15.2. The number of halogens is 1. The van der Waals surface area contributed by atoms with E-state index < -0.39 is 0 Å². The number of benzene rings is 1. The van der Waals surface area contributed by atoms with Crippen LogP contribution in [0.4, 0.5) is 11.4 Å². The maximum absolute atomic E-state index is 12.0. The Labute approximate surface area is 130 Å². The SMILES string of the molecule is CC1CN(CCC(=O)Nc2cc(Cl)ccc2N)CCCO1. The summed E-state index contributed by atoms with van der Waals surface area (Å²) in [5.74, 6) is -0.0539. The Morgan fingerprint density at radius 3 is 3.19 bits per heavy atom. The molecule has 1 aliphatic heterocycles. The van der Waals surface area contributed by atoms with Gasteiger partial charge in [0.15, 0.2) is 0 Å². The average molecular weight is 312 g/mol. The summed E-state index contributed by atoms with van der Waals surface area (Å²) in [5.41, 5.74) is 6.90. The molecule has 1 aromatic rings. The molecule has 1 amide bonds. The van der Waals surface area contributed by atoms with Gasteiger partial charge in [0.05, 0.1) is 17.5 Å². The number of hydrogen-bond acceptors (Lipinski definition) is 4. The molecule has 21 heavy (non-hydrogen) atoms. The van der Waals surface area contributed by atoms with Crippen LogP contribution in [0.15, 0.2) is 18.2 Å². The zero-order valence-corrected chi connectivity index (χ0v) is 13.0. The van der Waals surface area contributed by atoms with E-state index in [1.807, 2.05) is 0 Å². The van der Waals surface area contributed by atoms with E-state index in [-0.39, 0.29) is 12.0 Å². The van der Waals surface area contributed by atoms with Crippen LogP contribution in [-0.2, 0) is 9.53 Å². The molecule has 0 aromatic heterocycles. The molecule has 1 aliphatic rings. The second kappa shape index (κ2) is 7.64. The van der Waals surface area contributed by atoms with Gasteiger partial charge in [-0.15, -0.1) is 0 Å². The summed E-state index contributed by atoms with van der Waals surface area (Å²) < 4.78 is 5.59. The molecule has 0 aliphatic carbocycles. The molecule has 0 spiro atoms. The lowest BCUT2D eigenvalue weighted by Crippen LogP contribution is -2.33. The predicted octanol–water partition coefficient (Wildman–Crippen LogP) is 2.36. The van der Waals surface area contributed by atoms with Crippen molar-refractivity contribution in [3.05, 3.63) is 23.2 Å². The molecule has 1 atom stereocenters. The van der Waals surface area contributed by atoms with Crippen LogP contribution in [-0.4, -0.2) is 43.2 Å². The Hall–Kier alpha value is -1.30. The van der Waals surface area contributed by atoms with E-state index in [1.54, 1.807) is 18.2 Å². The number of hydrogen-bond donors (Lipinski definition) is 2. The van der Waals surface area contributed by atoms with Crippen molar-refractivity contribution in [1.82, 2.24) is 4.90 Å². The topological polar surface area (TPSA) is 67.6 Å². The summed E-state index contributed by atoms with van der Waals surface area (Å²) in [4.78, 5) is 14.3. The van der Waals surface area contributed by atoms with Crippen LogP contribution in [0, 0.1) is 0 Å². The summed E-state index contributed by atoms with van der Waals surface area (Å²) >= 11 is 5.90. The number of amides is 1. The van der Waals surface area contributed by atoms with Gasteiger partial charge in [-0.05, 0) is 31.5 Å². The van der Waals surface area contributed by atoms with Gasteiger partial charge in [-0.1, -0.05) is 11.6 Å². The number of nitrogens with zero attached hydrogens (tertiary/aromatic N) is 1. The zero-order valence-electron chi connectivity index (χ0n) is 12.3. The van der Waals surface area contributed by atoms with Crippen LogP contribution in [0.5, 0.6) is 0 Å². The predicted molar refractivity (Wildman–Crippen MR) is 85.6 cm³/mol. The second-order valence-electron chi connectivity index (χ2n) is 5.37. The molecular formula is C15H22ClN3O2. The van der Waals surface area contributed by atoms with Crippen LogP contribution in [0.1, 0.15) is 19.8 Å². The Balaban J connectivity index is 1.83. The van der Waals surface area contributed by atoms with Gasteiger partial charge in [-0.25, -0.2) is 0 Å². The average Bonchev–Trinajstić information content (AvgIpc) is 2.65. The van der Waals surface area contributed by atoms with Gasteiger partial charge >= 0.3 is 0 Å². The summed E-state index contributed by atoms with van der Waals surface area (Å²) in [7, 11) is 0. The first-order valence-corrected chi connectivity index (χ1v) is 7.61. The number of nitrogens with two attached hydrogens (primary N) is 1. The van der Waals surface area contributed by atoms with E-state index in [0.717, 1.165) is 32.7 Å². The highest BCUT2D eigenvalue weighted by Gasteiger charge is 2.16. The van der Waals surface area contributed by atoms with Crippen LogP contribution in [0.25, 0.3) is 0 Å². The number of carbonyl (C=O) groups excluding carboxylic acids is 1. The Morgan fingerprint density at radius 1 is 1.57 bits per heavy atom. The Kier molecular flexibility index (Phi) is 5.85. The number of nitrogen functional groups attached to an aromatic ring is 1. The first-order chi connectivity index (χ1) is 10.0. The molecule has 5 nitrogen and oxygen atoms in total. The third-order valence-corrected chi connectivity index (χ3v) is 3.72. The Bertz CT molecular complexity index is 496. The standard InChI is InChI=1S/C15H22ClN3O2/c1-11-10-19(6-2-8-21-11)7-5-15(20)18-14-9-12(16)3-4-13(14)17/h3-4,9,11H,2,5-8,10,17H2,1H3,(H,18,20). The third kappa shape index (κ3) is 5.19. The maximum atomic E-state index is 12.0. The molecule has 0 saturated carbocycles. The molecule has 1 fully saturated rings. The minimum Gasteiger partial charge on any atom is -0.397 e.